The zero-order valence-electron chi connectivity index (χ0n) is 13.2. The molecule has 2 saturated heterocycles. The highest BCUT2D eigenvalue weighted by Crippen LogP contribution is 2.38. The maximum absolute atomic E-state index is 9.55. The highest BCUT2D eigenvalue weighted by molar-refractivity contribution is 7.99. The molecular weight excluding hydrogens is 282 g/mol. The molecule has 0 radical (unpaired) electrons. The molecule has 2 aliphatic heterocycles. The Balaban J connectivity index is 1.48. The number of aliphatic hydroxyl groups is 1. The van der Waals surface area contributed by atoms with Crippen LogP contribution in [0.4, 0.5) is 0 Å². The molecule has 3 aliphatic rings. The van der Waals surface area contributed by atoms with Crippen LogP contribution >= 0.6 is 11.8 Å². The fourth-order valence-electron chi connectivity index (χ4n) is 4.41. The Morgan fingerprint density at radius 3 is 2.62 bits per heavy atom. The molecule has 3 rings (SSSR count). The predicted octanol–water partition coefficient (Wildman–Crippen LogP) is 2.82. The van der Waals surface area contributed by atoms with Gasteiger partial charge in [0.15, 0.2) is 0 Å². The van der Waals surface area contributed by atoms with E-state index in [9.17, 15) is 5.11 Å². The van der Waals surface area contributed by atoms with Gasteiger partial charge in [0, 0.05) is 19.3 Å². The van der Waals surface area contributed by atoms with Gasteiger partial charge in [-0.15, -0.1) is 0 Å². The summed E-state index contributed by atoms with van der Waals surface area (Å²) in [5.41, 5.74) is 0.185. The summed E-state index contributed by atoms with van der Waals surface area (Å²) in [5.74, 6) is 3.75. The Hall–Kier alpha value is 0.230. The lowest BCUT2D eigenvalue weighted by molar-refractivity contribution is -0.0937. The summed E-state index contributed by atoms with van der Waals surface area (Å²) in [6, 6.07) is 0.628. The first-order chi connectivity index (χ1) is 10.3. The zero-order chi connectivity index (χ0) is 14.5. The smallest absolute Gasteiger partial charge is 0.0713 e. The number of aliphatic hydroxyl groups excluding tert-OH is 1. The molecule has 0 amide bonds. The third kappa shape index (κ3) is 4.15. The van der Waals surface area contributed by atoms with Gasteiger partial charge in [-0.25, -0.2) is 0 Å². The van der Waals surface area contributed by atoms with E-state index in [1.165, 1.54) is 56.5 Å². The Labute approximate surface area is 133 Å². The van der Waals surface area contributed by atoms with Crippen LogP contribution in [0.1, 0.15) is 51.4 Å². The van der Waals surface area contributed by atoms with Crippen LogP contribution < -0.4 is 5.32 Å². The number of thioether (sulfide) groups is 1. The normalized spacial score (nSPS) is 36.7. The maximum atomic E-state index is 9.55. The molecule has 2 heterocycles. The van der Waals surface area contributed by atoms with Crippen molar-refractivity contribution in [2.24, 2.45) is 11.8 Å². The van der Waals surface area contributed by atoms with Gasteiger partial charge in [0.1, 0.15) is 0 Å². The summed E-state index contributed by atoms with van der Waals surface area (Å²) < 4.78 is 6.18. The van der Waals surface area contributed by atoms with Gasteiger partial charge in [-0.1, -0.05) is 12.8 Å². The van der Waals surface area contributed by atoms with E-state index < -0.39 is 0 Å². The second-order valence-electron chi connectivity index (χ2n) is 7.23. The largest absolute Gasteiger partial charge is 0.396 e. The minimum absolute atomic E-state index is 0.185. The van der Waals surface area contributed by atoms with Crippen LogP contribution in [0.25, 0.3) is 0 Å². The highest BCUT2D eigenvalue weighted by atomic mass is 32.2. The Kier molecular flexibility index (Phi) is 5.88. The van der Waals surface area contributed by atoms with E-state index in [1.54, 1.807) is 0 Å². The minimum Gasteiger partial charge on any atom is -0.396 e. The van der Waals surface area contributed by atoms with E-state index in [0.717, 1.165) is 19.6 Å². The van der Waals surface area contributed by atoms with Gasteiger partial charge in [-0.2, -0.15) is 11.8 Å². The molecule has 21 heavy (non-hydrogen) atoms. The van der Waals surface area contributed by atoms with E-state index in [2.05, 4.69) is 17.1 Å². The fourth-order valence-corrected chi connectivity index (χ4v) is 5.64. The molecule has 1 saturated carbocycles. The van der Waals surface area contributed by atoms with Gasteiger partial charge >= 0.3 is 0 Å². The van der Waals surface area contributed by atoms with Crippen molar-refractivity contribution in [3.8, 4) is 0 Å². The van der Waals surface area contributed by atoms with Crippen molar-refractivity contribution in [2.75, 3.05) is 31.3 Å². The molecule has 3 unspecified atom stereocenters. The second kappa shape index (κ2) is 7.67. The predicted molar refractivity (Wildman–Crippen MR) is 88.8 cm³/mol. The fraction of sp³-hybridized carbons (Fsp3) is 1.00. The van der Waals surface area contributed by atoms with Gasteiger partial charge in [0.05, 0.1) is 5.60 Å². The van der Waals surface area contributed by atoms with Gasteiger partial charge < -0.3 is 15.2 Å². The van der Waals surface area contributed by atoms with Crippen LogP contribution in [0.15, 0.2) is 0 Å². The molecule has 3 nitrogen and oxygen atoms in total. The number of rotatable bonds is 4. The first-order valence-electron chi connectivity index (χ1n) is 8.87. The molecule has 0 aromatic heterocycles. The van der Waals surface area contributed by atoms with Crippen molar-refractivity contribution in [1.82, 2.24) is 5.32 Å². The molecule has 122 valence electrons. The van der Waals surface area contributed by atoms with E-state index in [0.29, 0.717) is 24.5 Å². The molecule has 0 bridgehead atoms. The van der Waals surface area contributed by atoms with Crippen LogP contribution in [0.2, 0.25) is 0 Å². The number of hydrogen-bond acceptors (Lipinski definition) is 4. The van der Waals surface area contributed by atoms with E-state index >= 15 is 0 Å². The molecular formula is C17H31NO2S. The monoisotopic (exact) mass is 313 g/mol. The summed E-state index contributed by atoms with van der Waals surface area (Å²) in [6.45, 7) is 2.40. The number of ether oxygens (including phenoxy) is 1. The summed E-state index contributed by atoms with van der Waals surface area (Å²) in [6.07, 6.45) is 9.99. The van der Waals surface area contributed by atoms with Crippen LogP contribution in [0.3, 0.4) is 0 Å². The van der Waals surface area contributed by atoms with E-state index in [1.807, 2.05) is 0 Å². The lowest BCUT2D eigenvalue weighted by Crippen LogP contribution is -2.50. The number of hydrogen-bond donors (Lipinski definition) is 2. The van der Waals surface area contributed by atoms with Gasteiger partial charge in [-0.05, 0) is 68.4 Å². The Morgan fingerprint density at radius 1 is 1.10 bits per heavy atom. The summed E-state index contributed by atoms with van der Waals surface area (Å²) in [7, 11) is 0. The zero-order valence-corrected chi connectivity index (χ0v) is 14.0. The maximum Gasteiger partial charge on any atom is 0.0713 e. The van der Waals surface area contributed by atoms with Gasteiger partial charge in [0.25, 0.3) is 0 Å². The topological polar surface area (TPSA) is 41.5 Å². The van der Waals surface area contributed by atoms with Crippen molar-refractivity contribution in [3.05, 3.63) is 0 Å². The van der Waals surface area contributed by atoms with Crippen LogP contribution in [0, 0.1) is 11.8 Å². The minimum atomic E-state index is 0.185. The average molecular weight is 314 g/mol. The van der Waals surface area contributed by atoms with Crippen molar-refractivity contribution < 1.29 is 9.84 Å². The molecule has 1 spiro atoms. The van der Waals surface area contributed by atoms with Crippen LogP contribution in [0.5, 0.6) is 0 Å². The molecule has 2 N–H and O–H groups in total. The second-order valence-corrected chi connectivity index (χ2v) is 8.45. The van der Waals surface area contributed by atoms with Gasteiger partial charge in [0.2, 0.25) is 0 Å². The third-order valence-corrected chi connectivity index (χ3v) is 6.85. The Morgan fingerprint density at radius 2 is 1.86 bits per heavy atom. The number of nitrogens with one attached hydrogen (secondary N) is 1. The first kappa shape index (κ1) is 16.1. The van der Waals surface area contributed by atoms with E-state index in [4.69, 9.17) is 4.74 Å². The van der Waals surface area contributed by atoms with Crippen molar-refractivity contribution >= 4 is 11.8 Å². The summed E-state index contributed by atoms with van der Waals surface area (Å²) >= 11 is 2.07. The van der Waals surface area contributed by atoms with Crippen molar-refractivity contribution in [3.63, 3.8) is 0 Å². The van der Waals surface area contributed by atoms with Gasteiger partial charge in [-0.3, -0.25) is 0 Å². The lowest BCUT2D eigenvalue weighted by Gasteiger charge is -2.44. The quantitative estimate of drug-likeness (QED) is 0.837. The standard InChI is InChI=1S/C17H31NO2S/c19-13-15-4-2-1-3-14(15)12-18-16-5-8-20-17(11-16)6-9-21-10-7-17/h14-16,18-19H,1-13H2. The lowest BCUT2D eigenvalue weighted by atomic mass is 9.79. The molecule has 1 aliphatic carbocycles. The summed E-state index contributed by atoms with van der Waals surface area (Å²) in [5, 5.41) is 13.4. The third-order valence-electron chi connectivity index (χ3n) is 5.87. The molecule has 3 fully saturated rings. The average Bonchev–Trinajstić information content (AvgIpc) is 2.54. The van der Waals surface area contributed by atoms with Crippen molar-refractivity contribution in [1.29, 1.82) is 0 Å². The highest BCUT2D eigenvalue weighted by Gasteiger charge is 2.38. The molecule has 3 atom stereocenters. The Bertz CT molecular complexity index is 314. The molecule has 0 aromatic rings. The first-order valence-corrected chi connectivity index (χ1v) is 10.0. The SMILES string of the molecule is OCC1CCCCC1CNC1CCOC2(CCSCC2)C1. The summed E-state index contributed by atoms with van der Waals surface area (Å²) in [4.78, 5) is 0. The molecule has 0 aromatic carbocycles. The van der Waals surface area contributed by atoms with Crippen LogP contribution in [-0.2, 0) is 4.74 Å². The van der Waals surface area contributed by atoms with Crippen molar-refractivity contribution in [2.45, 2.75) is 63.0 Å². The van der Waals surface area contributed by atoms with E-state index in [-0.39, 0.29) is 5.60 Å². The van der Waals surface area contributed by atoms with Crippen LogP contribution in [-0.4, -0.2) is 48.0 Å². The molecule has 4 heteroatoms.